The number of H-pyrrole nitrogens is 1. The number of amidine groups is 1. The smallest absolute Gasteiger partial charge is 0.259 e. The summed E-state index contributed by atoms with van der Waals surface area (Å²) < 4.78 is 2.12. The van der Waals surface area contributed by atoms with Gasteiger partial charge in [-0.3, -0.25) is 20.3 Å². The average molecular weight is 536 g/mol. The van der Waals surface area contributed by atoms with Gasteiger partial charge in [0.25, 0.3) is 11.8 Å². The second-order valence-corrected chi connectivity index (χ2v) is 11.2. The number of aromatic amines is 1. The predicted molar refractivity (Wildman–Crippen MR) is 153 cm³/mol. The van der Waals surface area contributed by atoms with Crippen molar-refractivity contribution < 1.29 is 9.59 Å². The van der Waals surface area contributed by atoms with Crippen LogP contribution in [0.4, 0.5) is 0 Å². The molecule has 0 bridgehead atoms. The van der Waals surface area contributed by atoms with Gasteiger partial charge in [0.05, 0.1) is 11.1 Å². The molecular formula is C26H25N5O2S3. The third-order valence-electron chi connectivity index (χ3n) is 6.25. The Hall–Kier alpha value is -3.08. The largest absolute Gasteiger partial charge is 0.379 e. The van der Waals surface area contributed by atoms with Crippen LogP contribution >= 0.6 is 35.3 Å². The highest BCUT2D eigenvalue weighted by Crippen LogP contribution is 2.39. The standard InChI is InChI=1S/C26H25N5O2S3/c1-34-14-4-6-20-16(10-14)18(12-29-20)22-23(25(33)30-24(22)32)19-13-31(8-3-9-36-26(27)28)21-7-5-15(35-2)11-17(19)21/h4-7,10-13,29H,3,8-9H2,1-2H3,(H3,27,28)(H,30,32,33). The molecule has 0 saturated carbocycles. The number of aromatic nitrogens is 2. The van der Waals surface area contributed by atoms with Gasteiger partial charge in [0.2, 0.25) is 0 Å². The molecular weight excluding hydrogens is 511 g/mol. The molecule has 0 unspecified atom stereocenters. The monoisotopic (exact) mass is 535 g/mol. The number of amides is 2. The van der Waals surface area contributed by atoms with E-state index in [9.17, 15) is 9.59 Å². The molecule has 5 N–H and O–H groups in total. The van der Waals surface area contributed by atoms with E-state index < -0.39 is 0 Å². The normalized spacial score (nSPS) is 13.8. The lowest BCUT2D eigenvalue weighted by Gasteiger charge is -2.05. The maximum Gasteiger partial charge on any atom is 0.259 e. The molecule has 0 fully saturated rings. The number of nitrogens with one attached hydrogen (secondary N) is 3. The number of aryl methyl sites for hydroxylation is 1. The van der Waals surface area contributed by atoms with Crippen LogP contribution in [0.2, 0.25) is 0 Å². The minimum absolute atomic E-state index is 0.108. The van der Waals surface area contributed by atoms with Gasteiger partial charge in [-0.1, -0.05) is 11.8 Å². The third kappa shape index (κ3) is 4.44. The molecule has 5 rings (SSSR count). The lowest BCUT2D eigenvalue weighted by molar-refractivity contribution is -0.122. The maximum absolute atomic E-state index is 13.2. The van der Waals surface area contributed by atoms with Crippen LogP contribution in [0.3, 0.4) is 0 Å². The summed E-state index contributed by atoms with van der Waals surface area (Å²) in [6, 6.07) is 12.3. The van der Waals surface area contributed by atoms with E-state index in [4.69, 9.17) is 11.1 Å². The summed E-state index contributed by atoms with van der Waals surface area (Å²) in [6.45, 7) is 0.706. The predicted octanol–water partition coefficient (Wildman–Crippen LogP) is 5.15. The Morgan fingerprint density at radius 1 is 0.972 bits per heavy atom. The Labute approximate surface area is 221 Å². The van der Waals surface area contributed by atoms with E-state index in [-0.39, 0.29) is 17.0 Å². The van der Waals surface area contributed by atoms with Gasteiger partial charge in [0, 0.05) is 67.4 Å². The minimum atomic E-state index is -0.384. The lowest BCUT2D eigenvalue weighted by atomic mass is 9.95. The Bertz CT molecular complexity index is 1570. The second kappa shape index (κ2) is 10.1. The topological polar surface area (TPSA) is 117 Å². The van der Waals surface area contributed by atoms with Gasteiger partial charge in [0.1, 0.15) is 0 Å². The summed E-state index contributed by atoms with van der Waals surface area (Å²) in [5.74, 6) is -0.0378. The van der Waals surface area contributed by atoms with Crippen molar-refractivity contribution in [2.24, 2.45) is 5.73 Å². The highest BCUT2D eigenvalue weighted by Gasteiger charge is 2.35. The molecule has 0 spiro atoms. The first-order valence-corrected chi connectivity index (χ1v) is 14.7. The van der Waals surface area contributed by atoms with Gasteiger partial charge in [-0.05, 0) is 55.3 Å². The van der Waals surface area contributed by atoms with Gasteiger partial charge < -0.3 is 15.3 Å². The Balaban J connectivity index is 1.69. The first-order chi connectivity index (χ1) is 17.4. The zero-order chi connectivity index (χ0) is 25.4. The van der Waals surface area contributed by atoms with Crippen LogP contribution in [-0.2, 0) is 16.1 Å². The number of hydrogen-bond donors (Lipinski definition) is 4. The van der Waals surface area contributed by atoms with E-state index in [2.05, 4.69) is 33.1 Å². The molecule has 2 aromatic heterocycles. The van der Waals surface area contributed by atoms with E-state index >= 15 is 0 Å². The van der Waals surface area contributed by atoms with Gasteiger partial charge in [0.15, 0.2) is 5.17 Å². The number of nitrogens with zero attached hydrogens (tertiary/aromatic N) is 1. The molecule has 0 saturated heterocycles. The van der Waals surface area contributed by atoms with Crippen LogP contribution in [0.1, 0.15) is 17.5 Å². The number of rotatable bonds is 8. The first kappa shape index (κ1) is 24.6. The number of hydrogen-bond acceptors (Lipinski definition) is 6. The molecule has 0 atom stereocenters. The summed E-state index contributed by atoms with van der Waals surface area (Å²) in [7, 11) is 0. The SMILES string of the molecule is CSc1ccc2[nH]cc(C3=C(c4cn(CCCSC(=N)N)c5ccc(SC)cc45)C(=O)NC3=O)c2c1. The fourth-order valence-corrected chi connectivity index (χ4v) is 5.98. The second-order valence-electron chi connectivity index (χ2n) is 8.33. The van der Waals surface area contributed by atoms with Gasteiger partial charge in [-0.2, -0.15) is 0 Å². The van der Waals surface area contributed by atoms with Crippen LogP contribution in [0.5, 0.6) is 0 Å². The first-order valence-electron chi connectivity index (χ1n) is 11.3. The average Bonchev–Trinajstić information content (AvgIpc) is 3.53. The van der Waals surface area contributed by atoms with Crippen LogP contribution in [0.15, 0.2) is 58.6 Å². The van der Waals surface area contributed by atoms with E-state index in [1.165, 1.54) is 11.8 Å². The molecule has 0 radical (unpaired) electrons. The third-order valence-corrected chi connectivity index (χ3v) is 8.50. The number of benzene rings is 2. The summed E-state index contributed by atoms with van der Waals surface area (Å²) in [4.78, 5) is 31.8. The molecule has 1 aliphatic rings. The van der Waals surface area contributed by atoms with Crippen molar-refractivity contribution in [2.45, 2.75) is 22.8 Å². The number of carbonyl (C=O) groups excluding carboxylic acids is 2. The number of carbonyl (C=O) groups is 2. The molecule has 36 heavy (non-hydrogen) atoms. The van der Waals surface area contributed by atoms with E-state index in [1.54, 1.807) is 23.5 Å². The van der Waals surface area contributed by atoms with E-state index in [0.29, 0.717) is 17.7 Å². The molecule has 7 nitrogen and oxygen atoms in total. The van der Waals surface area contributed by atoms with Crippen LogP contribution in [-0.4, -0.2) is 44.8 Å². The van der Waals surface area contributed by atoms with Crippen LogP contribution in [0.25, 0.3) is 33.0 Å². The van der Waals surface area contributed by atoms with Crippen molar-refractivity contribution in [3.8, 4) is 0 Å². The van der Waals surface area contributed by atoms with Gasteiger partial charge in [-0.15, -0.1) is 23.5 Å². The Morgan fingerprint density at radius 3 is 2.33 bits per heavy atom. The summed E-state index contributed by atoms with van der Waals surface area (Å²) >= 11 is 4.58. The van der Waals surface area contributed by atoms with E-state index in [0.717, 1.165) is 54.9 Å². The molecule has 3 heterocycles. The van der Waals surface area contributed by atoms with Crippen LogP contribution < -0.4 is 11.1 Å². The lowest BCUT2D eigenvalue weighted by Crippen LogP contribution is -2.22. The molecule has 0 aliphatic carbocycles. The Morgan fingerprint density at radius 2 is 1.64 bits per heavy atom. The molecule has 10 heteroatoms. The van der Waals surface area contributed by atoms with Gasteiger partial charge in [-0.25, -0.2) is 0 Å². The molecule has 184 valence electrons. The van der Waals surface area contributed by atoms with Crippen LogP contribution in [0, 0.1) is 5.41 Å². The fourth-order valence-electron chi connectivity index (χ4n) is 4.61. The zero-order valence-electron chi connectivity index (χ0n) is 19.8. The maximum atomic E-state index is 13.2. The zero-order valence-corrected chi connectivity index (χ0v) is 22.3. The van der Waals surface area contributed by atoms with Crippen molar-refractivity contribution >= 4 is 85.2 Å². The molecule has 4 aromatic rings. The number of fused-ring (bicyclic) bond motifs is 2. The molecule has 2 aromatic carbocycles. The molecule has 2 amide bonds. The minimum Gasteiger partial charge on any atom is -0.379 e. The van der Waals surface area contributed by atoms with E-state index in [1.807, 2.05) is 43.1 Å². The quantitative estimate of drug-likeness (QED) is 0.0815. The van der Waals surface area contributed by atoms with Crippen molar-refractivity contribution in [1.82, 2.24) is 14.9 Å². The van der Waals surface area contributed by atoms with Crippen molar-refractivity contribution in [1.29, 1.82) is 5.41 Å². The van der Waals surface area contributed by atoms with Crippen molar-refractivity contribution in [2.75, 3.05) is 18.3 Å². The summed E-state index contributed by atoms with van der Waals surface area (Å²) in [5, 5.41) is 11.9. The van der Waals surface area contributed by atoms with Crippen molar-refractivity contribution in [3.05, 3.63) is 59.9 Å². The summed E-state index contributed by atoms with van der Waals surface area (Å²) in [5.41, 5.74) is 9.65. The highest BCUT2D eigenvalue weighted by molar-refractivity contribution is 8.13. The number of imide groups is 1. The van der Waals surface area contributed by atoms with Gasteiger partial charge >= 0.3 is 0 Å². The Kier molecular flexibility index (Phi) is 6.92. The van der Waals surface area contributed by atoms with Crippen molar-refractivity contribution in [3.63, 3.8) is 0 Å². The highest BCUT2D eigenvalue weighted by atomic mass is 32.2. The number of thioether (sulfide) groups is 3. The fraction of sp³-hybridized carbons (Fsp3) is 0.192. The molecule has 1 aliphatic heterocycles. The summed E-state index contributed by atoms with van der Waals surface area (Å²) in [6.07, 6.45) is 8.63. The number of nitrogens with two attached hydrogens (primary N) is 1.